The normalized spacial score (nSPS) is 12.6. The van der Waals surface area contributed by atoms with Gasteiger partial charge in [-0.25, -0.2) is 4.79 Å². The van der Waals surface area contributed by atoms with Gasteiger partial charge in [-0.2, -0.15) is 4.79 Å². The van der Waals surface area contributed by atoms with E-state index < -0.39 is 14.3 Å². The molecule has 0 aliphatic carbocycles. The summed E-state index contributed by atoms with van der Waals surface area (Å²) >= 11 is 0. The first-order chi connectivity index (χ1) is 10.2. The second-order valence-electron chi connectivity index (χ2n) is 6.34. The second-order valence-corrected chi connectivity index (χ2v) is 11.7. The van der Waals surface area contributed by atoms with E-state index >= 15 is 0 Å². The molecule has 0 amide bonds. The van der Waals surface area contributed by atoms with Gasteiger partial charge in [0.1, 0.15) is 0 Å². The molecule has 126 valence electrons. The minimum atomic E-state index is -2.23. The van der Waals surface area contributed by atoms with Crippen molar-refractivity contribution in [1.29, 1.82) is 0 Å². The summed E-state index contributed by atoms with van der Waals surface area (Å²) in [7, 11) is -0.975. The van der Waals surface area contributed by atoms with Gasteiger partial charge in [-0.15, -0.1) is 0 Å². The van der Waals surface area contributed by atoms with E-state index in [0.29, 0.717) is 28.8 Å². The van der Waals surface area contributed by atoms with Crippen LogP contribution in [0.2, 0.25) is 16.6 Å². The van der Waals surface area contributed by atoms with Gasteiger partial charge in [0.25, 0.3) is 8.32 Å². The minimum Gasteiger partial charge on any atom is -0.537 e. The van der Waals surface area contributed by atoms with E-state index in [-0.39, 0.29) is 5.71 Å². The van der Waals surface area contributed by atoms with Gasteiger partial charge in [-0.05, 0) is 29.1 Å². The van der Waals surface area contributed by atoms with Crippen LogP contribution in [0.3, 0.4) is 0 Å². The Hall–Kier alpha value is -1.39. The number of hydrogen-bond donors (Lipinski definition) is 0. The Kier molecular flexibility index (Phi) is 8.34. The van der Waals surface area contributed by atoms with Crippen LogP contribution in [0.5, 0.6) is 0 Å². The molecule has 0 rings (SSSR count). The van der Waals surface area contributed by atoms with Gasteiger partial charge >= 0.3 is 11.7 Å². The lowest BCUT2D eigenvalue weighted by molar-refractivity contribution is -0.137. The monoisotopic (exact) mass is 326 g/mol. The van der Waals surface area contributed by atoms with Crippen LogP contribution < -0.4 is 0 Å². The molecule has 0 radical (unpaired) electrons. The van der Waals surface area contributed by atoms with Crippen LogP contribution in [0.25, 0.3) is 5.53 Å². The zero-order valence-electron chi connectivity index (χ0n) is 15.1. The fraction of sp³-hybridized carbons (Fsp3) is 0.750. The molecule has 0 bridgehead atoms. The molecule has 0 unspecified atom stereocenters. The Morgan fingerprint density at radius 2 is 1.59 bits per heavy atom. The lowest BCUT2D eigenvalue weighted by atomic mass is 10.2. The van der Waals surface area contributed by atoms with E-state index in [1.54, 1.807) is 6.08 Å². The molecule has 6 heteroatoms. The van der Waals surface area contributed by atoms with Crippen LogP contribution in [0.4, 0.5) is 0 Å². The molecule has 0 aliphatic rings. The summed E-state index contributed by atoms with van der Waals surface area (Å²) in [6.45, 7) is 14.9. The Labute approximate surface area is 135 Å². The molecule has 0 aromatic rings. The van der Waals surface area contributed by atoms with E-state index in [4.69, 9.17) is 9.16 Å². The molecule has 0 heterocycles. The van der Waals surface area contributed by atoms with Crippen molar-refractivity contribution in [2.24, 2.45) is 0 Å². The van der Waals surface area contributed by atoms with Crippen molar-refractivity contribution in [3.63, 3.8) is 0 Å². The Morgan fingerprint density at radius 3 is 1.86 bits per heavy atom. The Morgan fingerprint density at radius 1 is 1.14 bits per heavy atom. The van der Waals surface area contributed by atoms with Crippen LogP contribution in [-0.2, 0) is 14.0 Å². The number of methoxy groups -OCH3 is 1. The van der Waals surface area contributed by atoms with Crippen molar-refractivity contribution in [2.45, 2.75) is 71.5 Å². The maximum absolute atomic E-state index is 11.8. The summed E-state index contributed by atoms with van der Waals surface area (Å²) in [5.41, 5.74) is 10.1. The summed E-state index contributed by atoms with van der Waals surface area (Å²) in [5, 5.41) is 0. The van der Waals surface area contributed by atoms with Gasteiger partial charge < -0.3 is 14.7 Å². The van der Waals surface area contributed by atoms with E-state index in [0.717, 1.165) is 0 Å². The van der Waals surface area contributed by atoms with Gasteiger partial charge in [0.15, 0.2) is 5.76 Å². The van der Waals surface area contributed by atoms with Gasteiger partial charge in [0, 0.05) is 0 Å². The molecule has 0 aromatic carbocycles. The number of rotatable bonds is 8. The third kappa shape index (κ3) is 4.30. The molecular weight excluding hydrogens is 296 g/mol. The van der Waals surface area contributed by atoms with Gasteiger partial charge in [-0.3, -0.25) is 0 Å². The smallest absolute Gasteiger partial charge is 0.438 e. The van der Waals surface area contributed by atoms with Crippen molar-refractivity contribution in [1.82, 2.24) is 0 Å². The molecule has 0 saturated heterocycles. The van der Waals surface area contributed by atoms with E-state index in [1.165, 1.54) is 7.11 Å². The predicted molar refractivity (Wildman–Crippen MR) is 91.1 cm³/mol. The Bertz CT molecular complexity index is 442. The molecule has 0 aromatic heterocycles. The molecule has 0 fully saturated rings. The summed E-state index contributed by atoms with van der Waals surface area (Å²) < 4.78 is 11.1. The fourth-order valence-electron chi connectivity index (χ4n) is 3.20. The van der Waals surface area contributed by atoms with Gasteiger partial charge in [0.2, 0.25) is 0 Å². The third-order valence-corrected chi connectivity index (χ3v) is 10.1. The maximum atomic E-state index is 11.8. The van der Waals surface area contributed by atoms with Crippen LogP contribution in [0, 0.1) is 0 Å². The van der Waals surface area contributed by atoms with Crippen molar-refractivity contribution in [3.05, 3.63) is 17.4 Å². The minimum absolute atomic E-state index is 0.164. The molecule has 0 saturated carbocycles. The van der Waals surface area contributed by atoms with Crippen LogP contribution in [0.15, 0.2) is 11.8 Å². The molecule has 0 N–H and O–H groups in total. The first kappa shape index (κ1) is 20.6. The molecular formula is C16H30N2O3Si. The predicted octanol–water partition coefficient (Wildman–Crippen LogP) is 4.32. The molecule has 22 heavy (non-hydrogen) atoms. The lowest BCUT2D eigenvalue weighted by Gasteiger charge is -2.42. The summed E-state index contributed by atoms with van der Waals surface area (Å²) in [4.78, 5) is 14.9. The lowest BCUT2D eigenvalue weighted by Crippen LogP contribution is -2.48. The molecule has 0 atom stereocenters. The number of hydrogen-bond acceptors (Lipinski definition) is 3. The molecule has 0 spiro atoms. The van der Waals surface area contributed by atoms with Crippen molar-refractivity contribution in [2.75, 3.05) is 7.11 Å². The summed E-state index contributed by atoms with van der Waals surface area (Å²) in [6, 6.07) is 0. The first-order valence-corrected chi connectivity index (χ1v) is 10.0. The van der Waals surface area contributed by atoms with E-state index in [9.17, 15) is 10.3 Å². The number of carbonyl (C=O) groups excluding carboxylic acids is 1. The zero-order valence-corrected chi connectivity index (χ0v) is 16.1. The quantitative estimate of drug-likeness (QED) is 0.166. The Balaban J connectivity index is 5.96. The average molecular weight is 327 g/mol. The van der Waals surface area contributed by atoms with Crippen molar-refractivity contribution >= 4 is 20.0 Å². The van der Waals surface area contributed by atoms with Gasteiger partial charge in [-0.1, -0.05) is 48.5 Å². The third-order valence-electron chi connectivity index (χ3n) is 4.10. The highest BCUT2D eigenvalue weighted by atomic mass is 28.4. The highest BCUT2D eigenvalue weighted by Gasteiger charge is 2.49. The average Bonchev–Trinajstić information content (AvgIpc) is 2.43. The number of nitrogens with zero attached hydrogens (tertiary/aromatic N) is 2. The SMILES string of the molecule is CCC=C(O[Si](C(C)C)(C(C)C)C(C)C)C(=[N+]=[N-])C(=O)OC. The van der Waals surface area contributed by atoms with Crippen LogP contribution >= 0.6 is 0 Å². The highest BCUT2D eigenvalue weighted by molar-refractivity contribution is 6.78. The number of ether oxygens (including phenoxy) is 1. The zero-order chi connectivity index (χ0) is 17.5. The van der Waals surface area contributed by atoms with E-state index in [2.05, 4.69) is 46.3 Å². The highest BCUT2D eigenvalue weighted by Crippen LogP contribution is 2.43. The van der Waals surface area contributed by atoms with Crippen molar-refractivity contribution < 1.29 is 18.7 Å². The summed E-state index contributed by atoms with van der Waals surface area (Å²) in [6.07, 6.45) is 2.45. The van der Waals surface area contributed by atoms with Gasteiger partial charge in [0.05, 0.1) is 7.11 Å². The van der Waals surface area contributed by atoms with Crippen LogP contribution in [-0.4, -0.2) is 31.9 Å². The molecule has 5 nitrogen and oxygen atoms in total. The number of esters is 1. The first-order valence-electron chi connectivity index (χ1n) is 7.88. The summed E-state index contributed by atoms with van der Waals surface area (Å²) in [5.74, 6) is -0.360. The van der Waals surface area contributed by atoms with Crippen molar-refractivity contribution in [3.8, 4) is 0 Å². The maximum Gasteiger partial charge on any atom is 0.438 e. The molecule has 0 aliphatic heterocycles. The number of carbonyl (C=O) groups is 1. The second kappa shape index (κ2) is 8.91. The van der Waals surface area contributed by atoms with Crippen LogP contribution in [0.1, 0.15) is 54.9 Å². The van der Waals surface area contributed by atoms with E-state index in [1.807, 2.05) is 6.92 Å². The standard InChI is InChI=1S/C16H30N2O3Si/c1-9-10-14(15(18-17)16(19)20-8)21-22(11(2)3,12(4)5)13(6)7/h10-13H,9H2,1-8H3. The fourth-order valence-corrected chi connectivity index (χ4v) is 8.47. The number of allylic oxidation sites excluding steroid dienone is 1. The largest absolute Gasteiger partial charge is 0.537 e. The topological polar surface area (TPSA) is 71.9 Å².